The second kappa shape index (κ2) is 10.9. The maximum atomic E-state index is 14.7. The number of hydrogen-bond donors (Lipinski definition) is 1. The van der Waals surface area contributed by atoms with E-state index in [-0.39, 0.29) is 42.7 Å². The molecule has 1 spiro atoms. The molecule has 3 aliphatic rings. The molecule has 0 aliphatic carbocycles. The third-order valence-electron chi connectivity index (χ3n) is 9.95. The molecular formula is C35H40N2O5. The average molecular weight is 569 g/mol. The van der Waals surface area contributed by atoms with Gasteiger partial charge >= 0.3 is 0 Å². The molecule has 6 rings (SSSR count). The number of likely N-dealkylation sites (tertiary alicyclic amines) is 1. The minimum absolute atomic E-state index is 0.0324. The standard InChI is InChI=1S/C35H40N2O5/c1-23-32(34(2,3)24-16-18-27(41-4)19-17-24)30(21-31(39)36-20-10-13-26(36)22-38)42-35(23)28-14-8-9-15-29(28)37(33(35)40)25-11-6-5-7-12-25/h5-9,11-12,14-19,23,26,30,32,38H,10,13,20-22H2,1-4H3/t23-,26+,30+,32-,35+/m1/s1. The van der Waals surface area contributed by atoms with E-state index in [1.54, 1.807) is 16.9 Å². The van der Waals surface area contributed by atoms with Crippen LogP contribution < -0.4 is 9.64 Å². The molecule has 3 aromatic carbocycles. The van der Waals surface area contributed by atoms with Crippen molar-refractivity contribution in [3.05, 3.63) is 90.0 Å². The zero-order chi connectivity index (χ0) is 29.6. The fraction of sp³-hybridized carbons (Fsp3) is 0.429. The first-order chi connectivity index (χ1) is 20.2. The van der Waals surface area contributed by atoms with Crippen molar-refractivity contribution in [3.63, 3.8) is 0 Å². The molecule has 3 aliphatic heterocycles. The molecule has 0 radical (unpaired) electrons. The molecule has 1 N–H and O–H groups in total. The molecule has 2 amide bonds. The van der Waals surface area contributed by atoms with E-state index in [1.807, 2.05) is 66.7 Å². The lowest BCUT2D eigenvalue weighted by atomic mass is 9.63. The number of para-hydroxylation sites is 2. The number of carbonyl (C=O) groups excluding carboxylic acids is 2. The highest BCUT2D eigenvalue weighted by Crippen LogP contribution is 2.60. The molecule has 2 fully saturated rings. The lowest BCUT2D eigenvalue weighted by molar-refractivity contribution is -0.149. The summed E-state index contributed by atoms with van der Waals surface area (Å²) < 4.78 is 12.5. The molecule has 3 aromatic rings. The number of ether oxygens (including phenoxy) is 2. The Labute approximate surface area is 248 Å². The molecule has 7 heteroatoms. The van der Waals surface area contributed by atoms with E-state index in [2.05, 4.69) is 32.9 Å². The van der Waals surface area contributed by atoms with Gasteiger partial charge < -0.3 is 19.5 Å². The largest absolute Gasteiger partial charge is 0.497 e. The topological polar surface area (TPSA) is 79.3 Å². The van der Waals surface area contributed by atoms with Crippen LogP contribution in [0.3, 0.4) is 0 Å². The summed E-state index contributed by atoms with van der Waals surface area (Å²) in [5, 5.41) is 9.92. The van der Waals surface area contributed by atoms with E-state index in [1.165, 1.54) is 0 Å². The van der Waals surface area contributed by atoms with Gasteiger partial charge in [-0.15, -0.1) is 0 Å². The number of aliphatic hydroxyl groups is 1. The van der Waals surface area contributed by atoms with Gasteiger partial charge in [-0.25, -0.2) is 0 Å². The van der Waals surface area contributed by atoms with E-state index < -0.39 is 17.1 Å². The van der Waals surface area contributed by atoms with Crippen LogP contribution in [0.25, 0.3) is 0 Å². The van der Waals surface area contributed by atoms with Crippen LogP contribution in [0, 0.1) is 11.8 Å². The Kier molecular flexibility index (Phi) is 7.36. The van der Waals surface area contributed by atoms with Gasteiger partial charge in [0.2, 0.25) is 5.91 Å². The first-order valence-electron chi connectivity index (χ1n) is 15.0. The minimum atomic E-state index is -1.24. The summed E-state index contributed by atoms with van der Waals surface area (Å²) in [5.41, 5.74) is 1.84. The SMILES string of the molecule is COc1ccc(C(C)(C)[C@H]2[C@H](CC(=O)N3CCC[C@H]3CO)O[C@@]3(C(=O)N(c4ccccc4)c4ccccc43)[C@@H]2C)cc1. The normalized spacial score (nSPS) is 27.1. The molecule has 7 nitrogen and oxygen atoms in total. The van der Waals surface area contributed by atoms with Gasteiger partial charge in [0.25, 0.3) is 5.91 Å². The highest BCUT2D eigenvalue weighted by molar-refractivity contribution is 6.12. The first-order valence-corrected chi connectivity index (χ1v) is 15.0. The summed E-state index contributed by atoms with van der Waals surface area (Å²) in [7, 11) is 1.65. The van der Waals surface area contributed by atoms with Gasteiger partial charge in [0.1, 0.15) is 5.75 Å². The fourth-order valence-corrected chi connectivity index (χ4v) is 7.87. The van der Waals surface area contributed by atoms with E-state index in [0.717, 1.165) is 41.1 Å². The predicted molar refractivity (Wildman–Crippen MR) is 162 cm³/mol. The molecule has 2 saturated heterocycles. The summed E-state index contributed by atoms with van der Waals surface area (Å²) >= 11 is 0. The second-order valence-electron chi connectivity index (χ2n) is 12.4. The van der Waals surface area contributed by atoms with Gasteiger partial charge in [-0.1, -0.05) is 69.3 Å². The van der Waals surface area contributed by atoms with E-state index in [0.29, 0.717) is 6.54 Å². The van der Waals surface area contributed by atoms with Crippen molar-refractivity contribution in [3.8, 4) is 5.75 Å². The molecule has 3 heterocycles. The van der Waals surface area contributed by atoms with E-state index in [4.69, 9.17) is 9.47 Å². The van der Waals surface area contributed by atoms with Crippen molar-refractivity contribution in [1.82, 2.24) is 4.90 Å². The number of anilines is 2. The van der Waals surface area contributed by atoms with Crippen molar-refractivity contribution in [2.24, 2.45) is 11.8 Å². The number of fused-ring (bicyclic) bond motifs is 2. The first kappa shape index (κ1) is 28.4. The van der Waals surface area contributed by atoms with Gasteiger partial charge in [-0.3, -0.25) is 14.5 Å². The highest BCUT2D eigenvalue weighted by Gasteiger charge is 2.66. The number of rotatable bonds is 7. The molecule has 5 atom stereocenters. The third kappa shape index (κ3) is 4.33. The molecule has 0 saturated carbocycles. The van der Waals surface area contributed by atoms with Crippen LogP contribution >= 0.6 is 0 Å². The van der Waals surface area contributed by atoms with E-state index in [9.17, 15) is 14.7 Å². The minimum Gasteiger partial charge on any atom is -0.497 e. The quantitative estimate of drug-likeness (QED) is 0.403. The monoisotopic (exact) mass is 568 g/mol. The van der Waals surface area contributed by atoms with Gasteiger partial charge in [0.15, 0.2) is 5.60 Å². The molecule has 220 valence electrons. The summed E-state index contributed by atoms with van der Waals surface area (Å²) in [6.07, 6.45) is 1.30. The Balaban J connectivity index is 1.45. The Hall–Kier alpha value is -3.68. The van der Waals surface area contributed by atoms with Gasteiger partial charge in [0.05, 0.1) is 38.0 Å². The predicted octanol–water partition coefficient (Wildman–Crippen LogP) is 5.57. The number of benzene rings is 3. The number of aliphatic hydroxyl groups excluding tert-OH is 1. The Morgan fingerprint density at radius 2 is 1.74 bits per heavy atom. The van der Waals surface area contributed by atoms with Crippen LogP contribution in [-0.2, 0) is 25.3 Å². The van der Waals surface area contributed by atoms with Crippen molar-refractivity contribution in [2.75, 3.05) is 25.2 Å². The van der Waals surface area contributed by atoms with Gasteiger partial charge in [-0.2, -0.15) is 0 Å². The summed E-state index contributed by atoms with van der Waals surface area (Å²) in [6.45, 7) is 7.06. The fourth-order valence-electron chi connectivity index (χ4n) is 7.87. The highest BCUT2D eigenvalue weighted by atomic mass is 16.5. The van der Waals surface area contributed by atoms with Crippen LogP contribution in [0.5, 0.6) is 5.75 Å². The lowest BCUT2D eigenvalue weighted by Crippen LogP contribution is -2.45. The smallest absolute Gasteiger partial charge is 0.268 e. The molecule has 0 bridgehead atoms. The lowest BCUT2D eigenvalue weighted by Gasteiger charge is -2.39. The molecule has 0 unspecified atom stereocenters. The maximum absolute atomic E-state index is 14.7. The van der Waals surface area contributed by atoms with Gasteiger partial charge in [-0.05, 0) is 54.2 Å². The number of carbonyl (C=O) groups is 2. The van der Waals surface area contributed by atoms with Crippen LogP contribution in [0.2, 0.25) is 0 Å². The summed E-state index contributed by atoms with van der Waals surface area (Å²) in [4.78, 5) is 32.1. The zero-order valence-electron chi connectivity index (χ0n) is 24.8. The van der Waals surface area contributed by atoms with Crippen LogP contribution in [0.4, 0.5) is 11.4 Å². The summed E-state index contributed by atoms with van der Waals surface area (Å²) in [5.74, 6) is 0.202. The average Bonchev–Trinajstić information content (AvgIpc) is 3.67. The van der Waals surface area contributed by atoms with Crippen LogP contribution in [-0.4, -0.2) is 54.2 Å². The number of methoxy groups -OCH3 is 1. The molecule has 0 aromatic heterocycles. The molecular weight excluding hydrogens is 528 g/mol. The Morgan fingerprint density at radius 3 is 2.43 bits per heavy atom. The Morgan fingerprint density at radius 1 is 1.05 bits per heavy atom. The zero-order valence-corrected chi connectivity index (χ0v) is 24.8. The van der Waals surface area contributed by atoms with Crippen molar-refractivity contribution < 1.29 is 24.2 Å². The number of hydrogen-bond acceptors (Lipinski definition) is 5. The van der Waals surface area contributed by atoms with Crippen molar-refractivity contribution >= 4 is 23.2 Å². The summed E-state index contributed by atoms with van der Waals surface area (Å²) in [6, 6.07) is 25.4. The van der Waals surface area contributed by atoms with Crippen LogP contribution in [0.15, 0.2) is 78.9 Å². The Bertz CT molecular complexity index is 1460. The van der Waals surface area contributed by atoms with Crippen molar-refractivity contribution in [2.45, 2.75) is 63.2 Å². The van der Waals surface area contributed by atoms with Gasteiger partial charge in [0, 0.05) is 29.6 Å². The third-order valence-corrected chi connectivity index (χ3v) is 9.95. The second-order valence-corrected chi connectivity index (χ2v) is 12.4. The van der Waals surface area contributed by atoms with E-state index >= 15 is 0 Å². The molecule has 42 heavy (non-hydrogen) atoms. The van der Waals surface area contributed by atoms with Crippen molar-refractivity contribution in [1.29, 1.82) is 0 Å². The number of amides is 2. The number of nitrogens with zero attached hydrogens (tertiary/aromatic N) is 2. The maximum Gasteiger partial charge on any atom is 0.268 e. The van der Waals surface area contributed by atoms with Crippen LogP contribution in [0.1, 0.15) is 51.2 Å².